The molecule has 2 heterocycles. The highest BCUT2D eigenvalue weighted by molar-refractivity contribution is 5.96. The van der Waals surface area contributed by atoms with Crippen molar-refractivity contribution in [2.45, 2.75) is 32.2 Å². The van der Waals surface area contributed by atoms with Gasteiger partial charge >= 0.3 is 6.36 Å². The largest absolute Gasteiger partial charge is 0.573 e. The molecule has 1 fully saturated rings. The molecule has 8 nitrogen and oxygen atoms in total. The van der Waals surface area contributed by atoms with E-state index >= 15 is 0 Å². The average Bonchev–Trinajstić information content (AvgIpc) is 3.24. The second-order valence-corrected chi connectivity index (χ2v) is 8.21. The van der Waals surface area contributed by atoms with E-state index < -0.39 is 18.1 Å². The average molecular weight is 535 g/mol. The third kappa shape index (κ3) is 6.90. The minimum absolute atomic E-state index is 0.125. The molecule has 0 bridgehead atoms. The Kier molecular flexibility index (Phi) is 8.76. The maximum absolute atomic E-state index is 14.3. The van der Waals surface area contributed by atoms with Crippen LogP contribution in [-0.4, -0.2) is 36.4 Å². The molecule has 38 heavy (non-hydrogen) atoms. The second kappa shape index (κ2) is 11.8. The summed E-state index contributed by atoms with van der Waals surface area (Å²) >= 11 is 0. The highest BCUT2D eigenvalue weighted by Gasteiger charge is 2.34. The smallest absolute Gasteiger partial charge is 0.497 e. The number of nitrogens with zero attached hydrogens (tertiary/aromatic N) is 2. The zero-order valence-electron chi connectivity index (χ0n) is 20.5. The monoisotopic (exact) mass is 535 g/mol. The summed E-state index contributed by atoms with van der Waals surface area (Å²) in [5.74, 6) is -1.50. The number of hydrogen-bond acceptors (Lipinski definition) is 5. The summed E-state index contributed by atoms with van der Waals surface area (Å²) in [6.45, 7) is 2.70. The van der Waals surface area contributed by atoms with Gasteiger partial charge in [-0.2, -0.15) is 0 Å². The lowest BCUT2D eigenvalue weighted by atomic mass is 9.97. The van der Waals surface area contributed by atoms with Gasteiger partial charge in [-0.05, 0) is 55.0 Å². The number of amides is 2. The molecular weight excluding hydrogens is 510 g/mol. The van der Waals surface area contributed by atoms with Gasteiger partial charge in [0.25, 0.3) is 5.56 Å². The van der Waals surface area contributed by atoms with Crippen LogP contribution in [0.5, 0.6) is 11.5 Å². The third-order valence-electron chi connectivity index (χ3n) is 5.78. The number of alkyl halides is 3. The number of hydrogen-bond donors (Lipinski definition) is 1. The molecule has 2 N–H and O–H groups in total. The van der Waals surface area contributed by atoms with Crippen LogP contribution in [0.25, 0.3) is 0 Å². The summed E-state index contributed by atoms with van der Waals surface area (Å²) in [7, 11) is 1.48. The number of methoxy groups -OCH3 is 1. The van der Waals surface area contributed by atoms with Gasteiger partial charge in [0.15, 0.2) is 0 Å². The first-order valence-corrected chi connectivity index (χ1v) is 11.4. The number of pyridine rings is 1. The Balaban J connectivity index is 0.000000244. The minimum atomic E-state index is -4.73. The van der Waals surface area contributed by atoms with Crippen molar-refractivity contribution >= 4 is 17.5 Å². The Labute approximate surface area is 215 Å². The molecular formula is C26H25F4N3O5. The molecule has 202 valence electrons. The molecule has 0 saturated carbocycles. The molecule has 1 unspecified atom stereocenters. The van der Waals surface area contributed by atoms with Gasteiger partial charge in [-0.1, -0.05) is 6.07 Å². The normalized spacial score (nSPS) is 15.1. The van der Waals surface area contributed by atoms with Gasteiger partial charge in [0.05, 0.1) is 7.11 Å². The van der Waals surface area contributed by atoms with E-state index in [1.165, 1.54) is 18.1 Å². The van der Waals surface area contributed by atoms with Crippen LogP contribution in [0.4, 0.5) is 23.2 Å². The molecule has 0 radical (unpaired) electrons. The molecule has 0 aliphatic carbocycles. The molecule has 1 aromatic heterocycles. The van der Waals surface area contributed by atoms with Gasteiger partial charge in [-0.3, -0.25) is 14.4 Å². The van der Waals surface area contributed by atoms with Gasteiger partial charge in [0, 0.05) is 43.3 Å². The molecule has 12 heteroatoms. The van der Waals surface area contributed by atoms with Crippen LogP contribution >= 0.6 is 0 Å². The van der Waals surface area contributed by atoms with Crippen molar-refractivity contribution in [3.05, 3.63) is 88.1 Å². The van der Waals surface area contributed by atoms with Gasteiger partial charge in [0.2, 0.25) is 11.8 Å². The fourth-order valence-electron chi connectivity index (χ4n) is 3.91. The SMILES string of the molecule is CCn1cccc(N2CC(c3ccc(OC)cc3F)CC2=O)c1=O.NC(=O)c1ccc(OC(F)(F)F)cc1. The Hall–Kier alpha value is -4.35. The molecule has 1 aliphatic rings. The molecule has 0 spiro atoms. The van der Waals surface area contributed by atoms with Crippen LogP contribution in [-0.2, 0) is 11.3 Å². The molecule has 4 rings (SSSR count). The van der Waals surface area contributed by atoms with Gasteiger partial charge in [-0.15, -0.1) is 13.2 Å². The number of anilines is 1. The lowest BCUT2D eigenvalue weighted by Gasteiger charge is -2.17. The fourth-order valence-corrected chi connectivity index (χ4v) is 3.91. The van der Waals surface area contributed by atoms with Crippen LogP contribution in [0.1, 0.15) is 35.2 Å². The van der Waals surface area contributed by atoms with Crippen molar-refractivity contribution in [1.29, 1.82) is 0 Å². The highest BCUT2D eigenvalue weighted by Crippen LogP contribution is 2.33. The van der Waals surface area contributed by atoms with E-state index in [-0.39, 0.29) is 35.1 Å². The topological polar surface area (TPSA) is 104 Å². The summed E-state index contributed by atoms with van der Waals surface area (Å²) in [5.41, 5.74) is 5.63. The van der Waals surface area contributed by atoms with E-state index in [9.17, 15) is 31.9 Å². The first kappa shape index (κ1) is 28.2. The van der Waals surface area contributed by atoms with Crippen LogP contribution in [0.3, 0.4) is 0 Å². The lowest BCUT2D eigenvalue weighted by Crippen LogP contribution is -2.32. The molecule has 1 saturated heterocycles. The van der Waals surface area contributed by atoms with E-state index in [1.54, 1.807) is 35.0 Å². The van der Waals surface area contributed by atoms with Crippen LogP contribution < -0.4 is 25.7 Å². The first-order valence-electron chi connectivity index (χ1n) is 11.4. The van der Waals surface area contributed by atoms with Gasteiger partial charge in [0.1, 0.15) is 23.0 Å². The van der Waals surface area contributed by atoms with Crippen LogP contribution in [0.15, 0.2) is 65.6 Å². The summed E-state index contributed by atoms with van der Waals surface area (Å²) in [5, 5.41) is 0. The predicted octanol–water partition coefficient (Wildman–Crippen LogP) is 4.22. The summed E-state index contributed by atoms with van der Waals surface area (Å²) in [6, 6.07) is 12.4. The zero-order chi connectivity index (χ0) is 28.0. The van der Waals surface area contributed by atoms with Gasteiger partial charge < -0.3 is 24.7 Å². The Bertz CT molecular complexity index is 1360. The van der Waals surface area contributed by atoms with Gasteiger partial charge in [-0.25, -0.2) is 4.39 Å². The van der Waals surface area contributed by atoms with E-state index in [0.717, 1.165) is 24.3 Å². The number of nitrogens with two attached hydrogens (primary N) is 1. The van der Waals surface area contributed by atoms with Crippen LogP contribution in [0, 0.1) is 5.82 Å². The number of benzene rings is 2. The number of rotatable bonds is 6. The number of carbonyl (C=O) groups excluding carboxylic acids is 2. The number of halogens is 4. The number of primary amides is 1. The number of aryl methyl sites for hydroxylation is 1. The van der Waals surface area contributed by atoms with E-state index in [2.05, 4.69) is 4.74 Å². The van der Waals surface area contributed by atoms with Crippen molar-refractivity contribution in [3.63, 3.8) is 0 Å². The Morgan fingerprint density at radius 2 is 1.74 bits per heavy atom. The minimum Gasteiger partial charge on any atom is -0.497 e. The number of aromatic nitrogens is 1. The fraction of sp³-hybridized carbons (Fsp3) is 0.269. The maximum Gasteiger partial charge on any atom is 0.573 e. The summed E-state index contributed by atoms with van der Waals surface area (Å²) in [6.07, 6.45) is -2.86. The Morgan fingerprint density at radius 3 is 2.29 bits per heavy atom. The standard InChI is InChI=1S/C18H19FN2O3.C8H6F3NO2/c1-3-20-8-4-5-16(18(20)23)21-11-12(9-17(21)22)14-7-6-13(24-2)10-15(14)19;9-8(10,11)14-6-3-1-5(2-4-6)7(12)13/h4-8,10,12H,3,9,11H2,1-2H3;1-4H,(H2,12,13). The van der Waals surface area contributed by atoms with Crippen molar-refractivity contribution < 1.29 is 36.6 Å². The van der Waals surface area contributed by atoms with Crippen molar-refractivity contribution in [2.24, 2.45) is 5.73 Å². The highest BCUT2D eigenvalue weighted by atomic mass is 19.4. The quantitative estimate of drug-likeness (QED) is 0.476. The molecule has 1 atom stereocenters. The van der Waals surface area contributed by atoms with E-state index in [0.29, 0.717) is 30.1 Å². The zero-order valence-corrected chi connectivity index (χ0v) is 20.5. The number of carbonyl (C=O) groups is 2. The Morgan fingerprint density at radius 1 is 1.08 bits per heavy atom. The number of ether oxygens (including phenoxy) is 2. The summed E-state index contributed by atoms with van der Waals surface area (Å²) in [4.78, 5) is 36.8. The predicted molar refractivity (Wildman–Crippen MR) is 131 cm³/mol. The van der Waals surface area contributed by atoms with Crippen LogP contribution in [0.2, 0.25) is 0 Å². The molecule has 2 amide bonds. The third-order valence-corrected chi connectivity index (χ3v) is 5.78. The second-order valence-electron chi connectivity index (χ2n) is 8.21. The van der Waals surface area contributed by atoms with Crippen molar-refractivity contribution in [3.8, 4) is 11.5 Å². The summed E-state index contributed by atoms with van der Waals surface area (Å²) < 4.78 is 59.5. The van der Waals surface area contributed by atoms with E-state index in [4.69, 9.17) is 10.5 Å². The molecule has 2 aromatic carbocycles. The van der Waals surface area contributed by atoms with Crippen molar-refractivity contribution in [2.75, 3.05) is 18.6 Å². The maximum atomic E-state index is 14.3. The molecule has 1 aliphatic heterocycles. The first-order chi connectivity index (χ1) is 17.9. The lowest BCUT2D eigenvalue weighted by molar-refractivity contribution is -0.274. The van der Waals surface area contributed by atoms with Crippen molar-refractivity contribution in [1.82, 2.24) is 4.57 Å². The van der Waals surface area contributed by atoms with E-state index in [1.807, 2.05) is 6.92 Å². The molecule has 3 aromatic rings.